The number of pyridine rings is 1. The van der Waals surface area contributed by atoms with Crippen LogP contribution in [0.3, 0.4) is 0 Å². The quantitative estimate of drug-likeness (QED) is 0.778. The van der Waals surface area contributed by atoms with Crippen molar-refractivity contribution >= 4 is 11.6 Å². The molecule has 90 valence electrons. The lowest BCUT2D eigenvalue weighted by atomic mass is 10.2. The molecule has 1 heterocycles. The molecule has 3 nitrogen and oxygen atoms in total. The zero-order chi connectivity index (χ0) is 12.3. The van der Waals surface area contributed by atoms with Crippen LogP contribution in [0.25, 0.3) is 0 Å². The lowest BCUT2D eigenvalue weighted by Gasteiger charge is -2.15. The minimum Gasteiger partial charge on any atom is -0.491 e. The van der Waals surface area contributed by atoms with E-state index in [1.165, 1.54) is 14.0 Å². The highest BCUT2D eigenvalue weighted by molar-refractivity contribution is 6.17. The van der Waals surface area contributed by atoms with Crippen molar-refractivity contribution in [2.75, 3.05) is 7.11 Å². The lowest BCUT2D eigenvalue weighted by Crippen LogP contribution is -2.19. The molecular weight excluding hydrogens is 247 g/mol. The average Bonchev–Trinajstić information content (AvgIpc) is 2.19. The molecule has 0 spiro atoms. The number of hydrogen-bond acceptors (Lipinski definition) is 3. The topological polar surface area (TPSA) is 31.4 Å². The van der Waals surface area contributed by atoms with Crippen LogP contribution >= 0.6 is 11.6 Å². The molecule has 0 atom stereocenters. The van der Waals surface area contributed by atoms with Gasteiger partial charge < -0.3 is 9.47 Å². The standard InChI is InChI=1S/C9H9ClF3NO2/c1-5-6(3-10)14-4-7(15-2)8(5)16-9(11,12)13/h4H,3H2,1-2H3. The van der Waals surface area contributed by atoms with Crippen LogP contribution in [0.15, 0.2) is 6.20 Å². The molecule has 0 N–H and O–H groups in total. The van der Waals surface area contributed by atoms with E-state index in [9.17, 15) is 13.2 Å². The predicted octanol–water partition coefficient (Wildman–Crippen LogP) is 3.04. The summed E-state index contributed by atoms with van der Waals surface area (Å²) < 4.78 is 45.0. The Labute approximate surface area is 95.1 Å². The van der Waals surface area contributed by atoms with Crippen molar-refractivity contribution in [1.82, 2.24) is 4.98 Å². The van der Waals surface area contributed by atoms with E-state index >= 15 is 0 Å². The molecule has 0 amide bonds. The molecule has 0 unspecified atom stereocenters. The Morgan fingerprint density at radius 3 is 2.50 bits per heavy atom. The van der Waals surface area contributed by atoms with E-state index in [4.69, 9.17) is 16.3 Å². The first-order valence-electron chi connectivity index (χ1n) is 4.23. The fourth-order valence-electron chi connectivity index (χ4n) is 1.13. The van der Waals surface area contributed by atoms with Crippen molar-refractivity contribution in [3.63, 3.8) is 0 Å². The van der Waals surface area contributed by atoms with Crippen LogP contribution in [-0.4, -0.2) is 18.5 Å². The van der Waals surface area contributed by atoms with Crippen LogP contribution < -0.4 is 9.47 Å². The van der Waals surface area contributed by atoms with Gasteiger partial charge in [0.2, 0.25) is 0 Å². The summed E-state index contributed by atoms with van der Waals surface area (Å²) in [6.07, 6.45) is -3.63. The second-order valence-electron chi connectivity index (χ2n) is 2.91. The van der Waals surface area contributed by atoms with Gasteiger partial charge in [-0.1, -0.05) is 0 Å². The third kappa shape index (κ3) is 2.91. The number of alkyl halides is 4. The number of hydrogen-bond donors (Lipinski definition) is 0. The molecule has 1 rings (SSSR count). The molecule has 7 heteroatoms. The third-order valence-electron chi connectivity index (χ3n) is 1.90. The van der Waals surface area contributed by atoms with Crippen LogP contribution in [0.1, 0.15) is 11.3 Å². The Balaban J connectivity index is 3.21. The summed E-state index contributed by atoms with van der Waals surface area (Å²) in [7, 11) is 1.24. The van der Waals surface area contributed by atoms with Crippen molar-refractivity contribution in [1.29, 1.82) is 0 Å². The van der Waals surface area contributed by atoms with Crippen LogP contribution in [0.2, 0.25) is 0 Å². The molecule has 0 saturated carbocycles. The Kier molecular flexibility index (Phi) is 3.85. The SMILES string of the molecule is COc1cnc(CCl)c(C)c1OC(F)(F)F. The number of aromatic nitrogens is 1. The largest absolute Gasteiger partial charge is 0.573 e. The molecule has 0 fully saturated rings. The molecule has 16 heavy (non-hydrogen) atoms. The lowest BCUT2D eigenvalue weighted by molar-refractivity contribution is -0.275. The Morgan fingerprint density at radius 1 is 1.44 bits per heavy atom. The van der Waals surface area contributed by atoms with E-state index in [1.807, 2.05) is 0 Å². The minimum absolute atomic E-state index is 0.00401. The molecule has 0 aliphatic heterocycles. The van der Waals surface area contributed by atoms with E-state index in [1.54, 1.807) is 0 Å². The maximum absolute atomic E-state index is 12.1. The van der Waals surface area contributed by atoms with Crippen LogP contribution in [0.4, 0.5) is 13.2 Å². The van der Waals surface area contributed by atoms with Gasteiger partial charge in [-0.05, 0) is 6.92 Å². The van der Waals surface area contributed by atoms with E-state index in [-0.39, 0.29) is 17.2 Å². The number of nitrogens with zero attached hydrogens (tertiary/aromatic N) is 1. The summed E-state index contributed by atoms with van der Waals surface area (Å²) in [6, 6.07) is 0. The van der Waals surface area contributed by atoms with E-state index in [0.717, 1.165) is 6.20 Å². The van der Waals surface area contributed by atoms with E-state index in [2.05, 4.69) is 9.72 Å². The summed E-state index contributed by atoms with van der Waals surface area (Å²) in [6.45, 7) is 1.44. The van der Waals surface area contributed by atoms with Gasteiger partial charge in [0.25, 0.3) is 0 Å². The summed E-state index contributed by atoms with van der Waals surface area (Å²) in [5, 5.41) is 0. The zero-order valence-electron chi connectivity index (χ0n) is 8.56. The Morgan fingerprint density at radius 2 is 2.06 bits per heavy atom. The first kappa shape index (κ1) is 12.9. The van der Waals surface area contributed by atoms with Crippen molar-refractivity contribution in [3.05, 3.63) is 17.5 Å². The number of halogens is 4. The van der Waals surface area contributed by atoms with Crippen molar-refractivity contribution in [2.24, 2.45) is 0 Å². The number of rotatable bonds is 3. The summed E-state index contributed by atoms with van der Waals surface area (Å²) >= 11 is 5.53. The van der Waals surface area contributed by atoms with Gasteiger partial charge in [0, 0.05) is 5.56 Å². The molecule has 0 aliphatic rings. The van der Waals surface area contributed by atoms with Crippen molar-refractivity contribution < 1.29 is 22.6 Å². The molecule has 0 bridgehead atoms. The van der Waals surface area contributed by atoms with Crippen molar-refractivity contribution in [2.45, 2.75) is 19.2 Å². The number of methoxy groups -OCH3 is 1. The fraction of sp³-hybridized carbons (Fsp3) is 0.444. The Bertz CT molecular complexity index is 382. The van der Waals surface area contributed by atoms with Gasteiger partial charge in [-0.25, -0.2) is 0 Å². The monoisotopic (exact) mass is 255 g/mol. The third-order valence-corrected chi connectivity index (χ3v) is 2.15. The van der Waals surface area contributed by atoms with Gasteiger partial charge in [-0.2, -0.15) is 0 Å². The van der Waals surface area contributed by atoms with Gasteiger partial charge >= 0.3 is 6.36 Å². The molecule has 0 aromatic carbocycles. The first-order valence-corrected chi connectivity index (χ1v) is 4.76. The molecule has 0 saturated heterocycles. The van der Waals surface area contributed by atoms with Crippen molar-refractivity contribution in [3.8, 4) is 11.5 Å². The molecule has 1 aromatic heterocycles. The summed E-state index contributed by atoms with van der Waals surface area (Å²) in [5.41, 5.74) is 0.536. The molecule has 1 aromatic rings. The van der Waals surface area contributed by atoms with Crippen LogP contribution in [0, 0.1) is 6.92 Å². The summed E-state index contributed by atoms with van der Waals surface area (Å²) in [5.74, 6) is -0.478. The van der Waals surface area contributed by atoms with Gasteiger partial charge in [0.05, 0.1) is 24.9 Å². The summed E-state index contributed by atoms with van der Waals surface area (Å²) in [4.78, 5) is 3.85. The molecule has 0 aliphatic carbocycles. The highest BCUT2D eigenvalue weighted by Gasteiger charge is 2.33. The maximum Gasteiger partial charge on any atom is 0.573 e. The van der Waals surface area contributed by atoms with Gasteiger partial charge in [-0.3, -0.25) is 4.98 Å². The average molecular weight is 256 g/mol. The predicted molar refractivity (Wildman–Crippen MR) is 51.8 cm³/mol. The highest BCUT2D eigenvalue weighted by Crippen LogP contribution is 2.36. The van der Waals surface area contributed by atoms with Gasteiger partial charge in [0.1, 0.15) is 0 Å². The Hall–Kier alpha value is -1.17. The fourth-order valence-corrected chi connectivity index (χ4v) is 1.40. The normalized spacial score (nSPS) is 11.4. The van der Waals surface area contributed by atoms with Gasteiger partial charge in [0.15, 0.2) is 11.5 Å². The first-order chi connectivity index (χ1) is 7.39. The highest BCUT2D eigenvalue weighted by atomic mass is 35.5. The zero-order valence-corrected chi connectivity index (χ0v) is 9.32. The molecular formula is C9H9ClF3NO2. The van der Waals surface area contributed by atoms with Crippen LogP contribution in [0.5, 0.6) is 11.5 Å². The van der Waals surface area contributed by atoms with E-state index < -0.39 is 12.1 Å². The van der Waals surface area contributed by atoms with Gasteiger partial charge in [-0.15, -0.1) is 24.8 Å². The molecule has 0 radical (unpaired) electrons. The second-order valence-corrected chi connectivity index (χ2v) is 3.18. The van der Waals surface area contributed by atoms with Crippen LogP contribution in [-0.2, 0) is 5.88 Å². The minimum atomic E-state index is -4.77. The maximum atomic E-state index is 12.1. The van der Waals surface area contributed by atoms with E-state index in [0.29, 0.717) is 5.69 Å². The second kappa shape index (κ2) is 4.78. The number of ether oxygens (including phenoxy) is 2. The smallest absolute Gasteiger partial charge is 0.491 e.